The largest absolute Gasteiger partial charge is 0.263 e. The number of aromatic nitrogens is 1. The van der Waals surface area contributed by atoms with E-state index in [9.17, 15) is 0 Å². The van der Waals surface area contributed by atoms with Gasteiger partial charge in [-0.3, -0.25) is 4.98 Å². The molecule has 1 nitrogen and oxygen atoms in total. The van der Waals surface area contributed by atoms with Gasteiger partial charge in [0.25, 0.3) is 0 Å². The maximum absolute atomic E-state index is 4.11. The molecule has 1 aliphatic rings. The van der Waals surface area contributed by atoms with E-state index in [4.69, 9.17) is 0 Å². The smallest absolute Gasteiger partial charge is 0.0410 e. The lowest BCUT2D eigenvalue weighted by Gasteiger charge is -2.04. The average molecular weight is 222 g/mol. The molecule has 0 radical (unpaired) electrons. The summed E-state index contributed by atoms with van der Waals surface area (Å²) in [6.45, 7) is 0. The first-order chi connectivity index (χ1) is 5.86. The number of pyridine rings is 1. The van der Waals surface area contributed by atoms with Crippen LogP contribution in [0.25, 0.3) is 0 Å². The van der Waals surface area contributed by atoms with Crippen LogP contribution in [0.3, 0.4) is 0 Å². The predicted molar refractivity (Wildman–Crippen MR) is 53.0 cm³/mol. The summed E-state index contributed by atoms with van der Waals surface area (Å²) in [5, 5.41) is 0. The van der Waals surface area contributed by atoms with E-state index in [1.54, 1.807) is 6.20 Å². The lowest BCUT2D eigenvalue weighted by Crippen LogP contribution is -1.89. The molecule has 0 fully saturated rings. The van der Waals surface area contributed by atoms with Crippen molar-refractivity contribution in [3.8, 4) is 0 Å². The fraction of sp³-hybridized carbons (Fsp3) is 0.100. The highest BCUT2D eigenvalue weighted by Gasteiger charge is 2.06. The Labute approximate surface area is 80.0 Å². The van der Waals surface area contributed by atoms with Crippen molar-refractivity contribution in [1.29, 1.82) is 0 Å². The minimum absolute atomic E-state index is 0.412. The molecule has 1 aromatic heterocycles. The zero-order chi connectivity index (χ0) is 8.39. The molecule has 2 rings (SSSR count). The average Bonchev–Trinajstić information content (AvgIpc) is 2.56. The van der Waals surface area contributed by atoms with Crippen molar-refractivity contribution < 1.29 is 0 Å². The van der Waals surface area contributed by atoms with Gasteiger partial charge in [-0.05, 0) is 27.6 Å². The van der Waals surface area contributed by atoms with Crippen molar-refractivity contribution in [3.05, 3.63) is 52.8 Å². The third kappa shape index (κ3) is 1.48. The van der Waals surface area contributed by atoms with Gasteiger partial charge in [-0.25, -0.2) is 0 Å². The quantitative estimate of drug-likeness (QED) is 0.711. The lowest BCUT2D eigenvalue weighted by molar-refractivity contribution is 1.07. The normalized spacial score (nSPS) is 15.8. The summed E-state index contributed by atoms with van der Waals surface area (Å²) in [7, 11) is 0. The second kappa shape index (κ2) is 3.23. The Morgan fingerprint density at radius 1 is 1.17 bits per heavy atom. The van der Waals surface area contributed by atoms with Crippen molar-refractivity contribution in [2.45, 2.75) is 5.92 Å². The van der Waals surface area contributed by atoms with Gasteiger partial charge in [0.1, 0.15) is 0 Å². The highest BCUT2D eigenvalue weighted by molar-refractivity contribution is 9.10. The number of hydrogen-bond donors (Lipinski definition) is 0. The van der Waals surface area contributed by atoms with E-state index < -0.39 is 0 Å². The Balaban J connectivity index is 2.34. The second-order valence-corrected chi connectivity index (χ2v) is 3.65. The molecule has 0 unspecified atom stereocenters. The first-order valence-electron chi connectivity index (χ1n) is 3.82. The van der Waals surface area contributed by atoms with Crippen LogP contribution in [0.1, 0.15) is 11.5 Å². The van der Waals surface area contributed by atoms with Gasteiger partial charge >= 0.3 is 0 Å². The standard InChI is InChI=1S/C10H8BrN/c11-10-5-9(6-12-7-10)8-3-1-2-4-8/h1-8H. The van der Waals surface area contributed by atoms with Gasteiger partial charge in [-0.2, -0.15) is 0 Å². The molecule has 0 aromatic carbocycles. The summed E-state index contributed by atoms with van der Waals surface area (Å²) >= 11 is 3.40. The van der Waals surface area contributed by atoms with Crippen LogP contribution < -0.4 is 0 Å². The molecule has 0 amide bonds. The minimum Gasteiger partial charge on any atom is -0.263 e. The van der Waals surface area contributed by atoms with E-state index in [2.05, 4.69) is 51.3 Å². The van der Waals surface area contributed by atoms with Crippen LogP contribution in [-0.4, -0.2) is 4.98 Å². The monoisotopic (exact) mass is 221 g/mol. The van der Waals surface area contributed by atoms with Gasteiger partial charge in [-0.1, -0.05) is 24.3 Å². The Kier molecular flexibility index (Phi) is 2.09. The lowest BCUT2D eigenvalue weighted by atomic mass is 10.0. The van der Waals surface area contributed by atoms with Gasteiger partial charge in [0.05, 0.1) is 0 Å². The van der Waals surface area contributed by atoms with E-state index in [0.29, 0.717) is 5.92 Å². The fourth-order valence-corrected chi connectivity index (χ4v) is 1.65. The Bertz CT molecular complexity index is 329. The molecule has 60 valence electrons. The summed E-state index contributed by atoms with van der Waals surface area (Å²) in [5.74, 6) is 0.412. The van der Waals surface area contributed by atoms with Gasteiger partial charge in [0.2, 0.25) is 0 Å². The molecule has 0 saturated heterocycles. The zero-order valence-corrected chi connectivity index (χ0v) is 8.03. The summed E-state index contributed by atoms with van der Waals surface area (Å²) in [6, 6.07) is 2.09. The number of halogens is 1. The molecule has 1 aromatic rings. The highest BCUT2D eigenvalue weighted by Crippen LogP contribution is 2.23. The van der Waals surface area contributed by atoms with Crippen LogP contribution in [0.2, 0.25) is 0 Å². The van der Waals surface area contributed by atoms with E-state index in [-0.39, 0.29) is 0 Å². The van der Waals surface area contributed by atoms with E-state index in [0.717, 1.165) is 4.47 Å². The van der Waals surface area contributed by atoms with Gasteiger partial charge in [-0.15, -0.1) is 0 Å². The Hall–Kier alpha value is -0.890. The van der Waals surface area contributed by atoms with E-state index in [1.165, 1.54) is 5.56 Å². The summed E-state index contributed by atoms with van der Waals surface area (Å²) in [6.07, 6.45) is 12.1. The second-order valence-electron chi connectivity index (χ2n) is 2.73. The molecule has 0 bridgehead atoms. The number of hydrogen-bond acceptors (Lipinski definition) is 1. The third-order valence-corrected chi connectivity index (χ3v) is 2.29. The summed E-state index contributed by atoms with van der Waals surface area (Å²) in [4.78, 5) is 4.11. The third-order valence-electron chi connectivity index (χ3n) is 1.86. The van der Waals surface area contributed by atoms with E-state index >= 15 is 0 Å². The first-order valence-corrected chi connectivity index (χ1v) is 4.61. The molecular weight excluding hydrogens is 214 g/mol. The molecular formula is C10H8BrN. The van der Waals surface area contributed by atoms with Crippen LogP contribution >= 0.6 is 15.9 Å². The highest BCUT2D eigenvalue weighted by atomic mass is 79.9. The molecule has 0 atom stereocenters. The van der Waals surface area contributed by atoms with Crippen LogP contribution in [0, 0.1) is 0 Å². The topological polar surface area (TPSA) is 12.9 Å². The fourth-order valence-electron chi connectivity index (χ4n) is 1.26. The van der Waals surface area contributed by atoms with Crippen LogP contribution in [-0.2, 0) is 0 Å². The molecule has 2 heteroatoms. The summed E-state index contributed by atoms with van der Waals surface area (Å²) < 4.78 is 1.04. The van der Waals surface area contributed by atoms with Crippen molar-refractivity contribution in [2.75, 3.05) is 0 Å². The number of rotatable bonds is 1. The Morgan fingerprint density at radius 2 is 1.92 bits per heavy atom. The maximum Gasteiger partial charge on any atom is 0.0410 e. The molecule has 1 heterocycles. The predicted octanol–water partition coefficient (Wildman–Crippen LogP) is 3.05. The van der Waals surface area contributed by atoms with Gasteiger partial charge in [0.15, 0.2) is 0 Å². The van der Waals surface area contributed by atoms with Gasteiger partial charge < -0.3 is 0 Å². The first kappa shape index (κ1) is 7.74. The summed E-state index contributed by atoms with van der Waals surface area (Å²) in [5.41, 5.74) is 1.23. The number of allylic oxidation sites excluding steroid dienone is 4. The maximum atomic E-state index is 4.11. The van der Waals surface area contributed by atoms with Crippen molar-refractivity contribution in [1.82, 2.24) is 4.98 Å². The van der Waals surface area contributed by atoms with E-state index in [1.807, 2.05) is 6.20 Å². The molecule has 1 aliphatic carbocycles. The van der Waals surface area contributed by atoms with Gasteiger partial charge in [0, 0.05) is 22.8 Å². The van der Waals surface area contributed by atoms with Crippen LogP contribution in [0.4, 0.5) is 0 Å². The molecule has 0 spiro atoms. The molecule has 0 aliphatic heterocycles. The number of nitrogens with zero attached hydrogens (tertiary/aromatic N) is 1. The van der Waals surface area contributed by atoms with Crippen molar-refractivity contribution >= 4 is 15.9 Å². The molecule has 0 N–H and O–H groups in total. The SMILES string of the molecule is Brc1cncc(C2C=CC=C2)c1. The minimum atomic E-state index is 0.412. The molecule has 12 heavy (non-hydrogen) atoms. The zero-order valence-electron chi connectivity index (χ0n) is 6.44. The molecule has 0 saturated carbocycles. The van der Waals surface area contributed by atoms with Crippen molar-refractivity contribution in [2.24, 2.45) is 0 Å². The Morgan fingerprint density at radius 3 is 2.58 bits per heavy atom. The van der Waals surface area contributed by atoms with Crippen LogP contribution in [0.5, 0.6) is 0 Å². The van der Waals surface area contributed by atoms with Crippen LogP contribution in [0.15, 0.2) is 47.2 Å². The van der Waals surface area contributed by atoms with Crippen molar-refractivity contribution in [3.63, 3.8) is 0 Å².